The molecule has 1 aromatic rings. The molecule has 0 bridgehead atoms. The lowest BCUT2D eigenvalue weighted by molar-refractivity contribution is 0.240. The van der Waals surface area contributed by atoms with Crippen LogP contribution in [0.5, 0.6) is 0 Å². The van der Waals surface area contributed by atoms with Gasteiger partial charge in [-0.3, -0.25) is 0 Å². The van der Waals surface area contributed by atoms with E-state index in [0.29, 0.717) is 12.5 Å². The van der Waals surface area contributed by atoms with Gasteiger partial charge < -0.3 is 15.2 Å². The van der Waals surface area contributed by atoms with Crippen LogP contribution < -0.4 is 10.6 Å². The van der Waals surface area contributed by atoms with Gasteiger partial charge in [0.25, 0.3) is 0 Å². The van der Waals surface area contributed by atoms with Crippen molar-refractivity contribution in [3.8, 4) is 0 Å². The molecule has 0 atom stereocenters. The van der Waals surface area contributed by atoms with E-state index in [1.165, 1.54) is 0 Å². The van der Waals surface area contributed by atoms with Gasteiger partial charge in [0.15, 0.2) is 5.16 Å². The van der Waals surface area contributed by atoms with Crippen LogP contribution in [0.3, 0.4) is 0 Å². The van der Waals surface area contributed by atoms with E-state index in [-0.39, 0.29) is 6.03 Å². The summed E-state index contributed by atoms with van der Waals surface area (Å²) in [6, 6.07) is -0.0816. The van der Waals surface area contributed by atoms with E-state index in [4.69, 9.17) is 0 Å². The number of nitrogens with zero attached hydrogens (tertiary/aromatic N) is 3. The summed E-state index contributed by atoms with van der Waals surface area (Å²) in [7, 11) is 0. The second-order valence-electron chi connectivity index (χ2n) is 5.75. The predicted octanol–water partition coefficient (Wildman–Crippen LogP) is 2.69. The zero-order valence-corrected chi connectivity index (χ0v) is 15.0. The first-order valence-electron chi connectivity index (χ1n) is 8.06. The summed E-state index contributed by atoms with van der Waals surface area (Å²) in [6.07, 6.45) is 5.82. The third kappa shape index (κ3) is 6.68. The lowest BCUT2D eigenvalue weighted by Crippen LogP contribution is -2.36. The summed E-state index contributed by atoms with van der Waals surface area (Å²) < 4.78 is 2.19. The Morgan fingerprint density at radius 2 is 1.91 bits per heavy atom. The minimum atomic E-state index is -0.0816. The molecule has 1 rings (SSSR count). The smallest absolute Gasteiger partial charge is 0.314 e. The van der Waals surface area contributed by atoms with E-state index >= 15 is 0 Å². The van der Waals surface area contributed by atoms with E-state index < -0.39 is 0 Å². The lowest BCUT2D eigenvalue weighted by atomic mass is 10.2. The molecule has 0 aliphatic heterocycles. The number of carbonyl (C=O) groups is 1. The highest BCUT2D eigenvalue weighted by Crippen LogP contribution is 2.16. The van der Waals surface area contributed by atoms with Gasteiger partial charge in [-0.25, -0.2) is 4.79 Å². The fourth-order valence-corrected chi connectivity index (χ4v) is 2.62. The first-order valence-corrected chi connectivity index (χ1v) is 9.28. The second-order valence-corrected chi connectivity index (χ2v) is 6.52. The summed E-state index contributed by atoms with van der Waals surface area (Å²) in [4.78, 5) is 11.5. The highest BCUT2D eigenvalue weighted by molar-refractivity contribution is 7.98. The first kappa shape index (κ1) is 18.8. The van der Waals surface area contributed by atoms with Crippen molar-refractivity contribution in [1.29, 1.82) is 0 Å². The van der Waals surface area contributed by atoms with E-state index in [2.05, 4.69) is 46.2 Å². The number of hydrogen-bond acceptors (Lipinski definition) is 4. The van der Waals surface area contributed by atoms with Crippen molar-refractivity contribution < 1.29 is 4.79 Å². The zero-order chi connectivity index (χ0) is 16.4. The van der Waals surface area contributed by atoms with Crippen LogP contribution in [-0.2, 0) is 13.0 Å². The van der Waals surface area contributed by atoms with Gasteiger partial charge in [-0.1, -0.05) is 39.0 Å². The third-order valence-electron chi connectivity index (χ3n) is 3.20. The van der Waals surface area contributed by atoms with Gasteiger partial charge in [-0.15, -0.1) is 10.2 Å². The summed E-state index contributed by atoms with van der Waals surface area (Å²) in [6.45, 7) is 8.81. The molecule has 0 radical (unpaired) electrons. The number of urea groups is 1. The number of hydrogen-bond donors (Lipinski definition) is 2. The van der Waals surface area contributed by atoms with E-state index in [9.17, 15) is 4.79 Å². The summed E-state index contributed by atoms with van der Waals surface area (Å²) in [5.74, 6) is 1.56. The Labute approximate surface area is 137 Å². The number of unbranched alkanes of at least 4 members (excludes halogenated alkanes) is 1. The largest absolute Gasteiger partial charge is 0.338 e. The summed E-state index contributed by atoms with van der Waals surface area (Å²) in [5.41, 5.74) is 0. The van der Waals surface area contributed by atoms with Crippen molar-refractivity contribution in [2.45, 2.75) is 58.2 Å². The highest BCUT2D eigenvalue weighted by Gasteiger charge is 2.12. The molecule has 2 N–H and O–H groups in total. The molecule has 6 nitrogen and oxygen atoms in total. The highest BCUT2D eigenvalue weighted by atomic mass is 32.2. The molecule has 0 aliphatic carbocycles. The van der Waals surface area contributed by atoms with Crippen LogP contribution in [0.25, 0.3) is 0 Å². The molecule has 0 saturated carbocycles. The maximum atomic E-state index is 11.5. The van der Waals surface area contributed by atoms with Crippen molar-refractivity contribution in [1.82, 2.24) is 25.4 Å². The maximum absolute atomic E-state index is 11.5. The van der Waals surface area contributed by atoms with Gasteiger partial charge in [0.2, 0.25) is 0 Å². The zero-order valence-electron chi connectivity index (χ0n) is 14.2. The van der Waals surface area contributed by atoms with Gasteiger partial charge in [0.05, 0.1) is 0 Å². The van der Waals surface area contributed by atoms with Crippen molar-refractivity contribution >= 4 is 17.8 Å². The molecule has 126 valence electrons. The van der Waals surface area contributed by atoms with Crippen molar-refractivity contribution in [3.63, 3.8) is 0 Å². The average Bonchev–Trinajstić information content (AvgIpc) is 2.85. The Balaban J connectivity index is 2.35. The van der Waals surface area contributed by atoms with Crippen LogP contribution in [0, 0.1) is 5.92 Å². The minimum absolute atomic E-state index is 0.0816. The standard InChI is InChI=1S/C15H29N5OS/c1-5-6-9-16-14(21)17-10-7-8-13-18-19-15(22-4)20(13)11-12(2)3/h12H,5-11H2,1-4H3,(H2,16,17,21). The van der Waals surface area contributed by atoms with E-state index in [0.717, 1.165) is 49.8 Å². The van der Waals surface area contributed by atoms with Gasteiger partial charge >= 0.3 is 6.03 Å². The van der Waals surface area contributed by atoms with Crippen LogP contribution in [0.1, 0.15) is 45.9 Å². The van der Waals surface area contributed by atoms with E-state index in [1.807, 2.05) is 6.26 Å². The number of aryl methyl sites for hydroxylation is 1. The van der Waals surface area contributed by atoms with Gasteiger partial charge in [-0.05, 0) is 25.0 Å². The Morgan fingerprint density at radius 3 is 2.50 bits per heavy atom. The SMILES string of the molecule is CCCCNC(=O)NCCCc1nnc(SC)n1CC(C)C. The molecule has 0 spiro atoms. The molecule has 7 heteroatoms. The summed E-state index contributed by atoms with van der Waals surface area (Å²) in [5, 5.41) is 15.2. The quantitative estimate of drug-likeness (QED) is 0.512. The first-order chi connectivity index (χ1) is 10.6. The lowest BCUT2D eigenvalue weighted by Gasteiger charge is -2.12. The predicted molar refractivity (Wildman–Crippen MR) is 91.3 cm³/mol. The van der Waals surface area contributed by atoms with Crippen LogP contribution >= 0.6 is 11.8 Å². The molecule has 1 aromatic heterocycles. The average molecular weight is 327 g/mol. The second kappa shape index (κ2) is 10.5. The number of rotatable bonds is 10. The number of thioether (sulfide) groups is 1. The van der Waals surface area contributed by atoms with Gasteiger partial charge in [0, 0.05) is 26.1 Å². The molecule has 0 aromatic carbocycles. The fourth-order valence-electron chi connectivity index (χ4n) is 2.09. The Hall–Kier alpha value is -1.24. The van der Waals surface area contributed by atoms with Gasteiger partial charge in [0.1, 0.15) is 5.82 Å². The van der Waals surface area contributed by atoms with Crippen LogP contribution in [0.2, 0.25) is 0 Å². The van der Waals surface area contributed by atoms with Crippen LogP contribution in [-0.4, -0.2) is 40.1 Å². The number of amides is 2. The van der Waals surface area contributed by atoms with Gasteiger partial charge in [-0.2, -0.15) is 0 Å². The topological polar surface area (TPSA) is 71.8 Å². The fraction of sp³-hybridized carbons (Fsp3) is 0.800. The summed E-state index contributed by atoms with van der Waals surface area (Å²) >= 11 is 1.62. The van der Waals surface area contributed by atoms with Crippen molar-refractivity contribution in [2.24, 2.45) is 5.92 Å². The Kier molecular flexibility index (Phi) is 8.96. The number of nitrogens with one attached hydrogen (secondary N) is 2. The number of carbonyl (C=O) groups excluding carboxylic acids is 1. The molecule has 22 heavy (non-hydrogen) atoms. The molecule has 0 fully saturated rings. The van der Waals surface area contributed by atoms with E-state index in [1.54, 1.807) is 11.8 Å². The van der Waals surface area contributed by atoms with Crippen molar-refractivity contribution in [3.05, 3.63) is 5.82 Å². The molecule has 1 heterocycles. The molecule has 0 saturated heterocycles. The van der Waals surface area contributed by atoms with Crippen LogP contribution in [0.4, 0.5) is 4.79 Å². The third-order valence-corrected chi connectivity index (χ3v) is 3.87. The normalized spacial score (nSPS) is 11.0. The Bertz CT molecular complexity index is 447. The Morgan fingerprint density at radius 1 is 1.23 bits per heavy atom. The molecule has 0 unspecified atom stereocenters. The maximum Gasteiger partial charge on any atom is 0.314 e. The molecular weight excluding hydrogens is 298 g/mol. The minimum Gasteiger partial charge on any atom is -0.338 e. The van der Waals surface area contributed by atoms with Crippen LogP contribution in [0.15, 0.2) is 5.16 Å². The number of aromatic nitrogens is 3. The molecule has 0 aliphatic rings. The van der Waals surface area contributed by atoms with Crippen molar-refractivity contribution in [2.75, 3.05) is 19.3 Å². The monoisotopic (exact) mass is 327 g/mol. The molecular formula is C15H29N5OS. The molecule has 2 amide bonds.